The number of primary amides is 1. The van der Waals surface area contributed by atoms with Gasteiger partial charge in [0.05, 0.1) is 6.10 Å². The molecule has 2 rings (SSSR count). The second-order valence-electron chi connectivity index (χ2n) is 6.57. The fourth-order valence-corrected chi connectivity index (χ4v) is 2.49. The maximum absolute atomic E-state index is 12.4. The van der Waals surface area contributed by atoms with Crippen molar-refractivity contribution in [1.82, 2.24) is 10.6 Å². The predicted molar refractivity (Wildman–Crippen MR) is 93.7 cm³/mol. The number of ether oxygens (including phenoxy) is 1. The summed E-state index contributed by atoms with van der Waals surface area (Å²) in [6, 6.07) is 6.98. The van der Waals surface area contributed by atoms with Crippen molar-refractivity contribution >= 4 is 17.9 Å². The van der Waals surface area contributed by atoms with Gasteiger partial charge in [-0.15, -0.1) is 0 Å². The van der Waals surface area contributed by atoms with E-state index in [0.29, 0.717) is 12.3 Å². The Balaban J connectivity index is 1.88. The van der Waals surface area contributed by atoms with Crippen LogP contribution in [0.3, 0.4) is 0 Å². The largest absolute Gasteiger partial charge is 0.445 e. The molecule has 1 aliphatic carbocycles. The molecule has 5 N–H and O–H groups in total. The van der Waals surface area contributed by atoms with Crippen LogP contribution in [0.25, 0.3) is 0 Å². The van der Waals surface area contributed by atoms with Crippen molar-refractivity contribution in [2.75, 3.05) is 0 Å². The molecule has 26 heavy (non-hydrogen) atoms. The topological polar surface area (TPSA) is 131 Å². The van der Waals surface area contributed by atoms with Gasteiger partial charge in [0.15, 0.2) is 0 Å². The van der Waals surface area contributed by atoms with Crippen molar-refractivity contribution in [3.8, 4) is 0 Å². The molecule has 0 saturated heterocycles. The van der Waals surface area contributed by atoms with Gasteiger partial charge in [-0.25, -0.2) is 4.79 Å². The summed E-state index contributed by atoms with van der Waals surface area (Å²) < 4.78 is 5.05. The number of amides is 3. The molecule has 0 aromatic heterocycles. The summed E-state index contributed by atoms with van der Waals surface area (Å²) in [5, 5.41) is 14.6. The maximum Gasteiger partial charge on any atom is 0.408 e. The first kappa shape index (κ1) is 19.7. The fourth-order valence-electron chi connectivity index (χ4n) is 2.49. The summed E-state index contributed by atoms with van der Waals surface area (Å²) in [4.78, 5) is 35.8. The molecule has 0 aliphatic heterocycles. The van der Waals surface area contributed by atoms with Crippen molar-refractivity contribution in [2.45, 2.75) is 51.0 Å². The molecule has 0 radical (unpaired) electrons. The molecule has 1 aromatic rings. The number of carbonyl (C=O) groups excluding carboxylic acids is 3. The number of aliphatic hydroxyl groups is 1. The zero-order valence-corrected chi connectivity index (χ0v) is 14.7. The quantitative estimate of drug-likeness (QED) is 0.505. The van der Waals surface area contributed by atoms with Gasteiger partial charge in [-0.2, -0.15) is 0 Å². The molecule has 8 nitrogen and oxygen atoms in total. The molecule has 3 amide bonds. The van der Waals surface area contributed by atoms with Gasteiger partial charge in [0.25, 0.3) is 0 Å². The van der Waals surface area contributed by atoms with Gasteiger partial charge >= 0.3 is 6.09 Å². The Morgan fingerprint density at radius 3 is 2.42 bits per heavy atom. The number of nitrogens with two attached hydrogens (primary N) is 1. The highest BCUT2D eigenvalue weighted by Gasteiger charge is 2.33. The molecule has 1 fully saturated rings. The van der Waals surface area contributed by atoms with Crippen LogP contribution in [0.4, 0.5) is 4.79 Å². The van der Waals surface area contributed by atoms with Crippen molar-refractivity contribution in [1.29, 1.82) is 0 Å². The van der Waals surface area contributed by atoms with Gasteiger partial charge in [0.1, 0.15) is 18.7 Å². The number of alkyl carbamates (subject to hydrolysis) is 1. The van der Waals surface area contributed by atoms with E-state index in [1.54, 1.807) is 12.1 Å². The van der Waals surface area contributed by atoms with E-state index < -0.39 is 36.1 Å². The van der Waals surface area contributed by atoms with Crippen LogP contribution in [0, 0.1) is 5.92 Å². The smallest absolute Gasteiger partial charge is 0.408 e. The van der Waals surface area contributed by atoms with Crippen LogP contribution in [0.5, 0.6) is 0 Å². The van der Waals surface area contributed by atoms with Crippen LogP contribution >= 0.6 is 0 Å². The predicted octanol–water partition coefficient (Wildman–Crippen LogP) is 0.432. The summed E-state index contributed by atoms with van der Waals surface area (Å²) >= 11 is 0. The molecule has 1 aliphatic rings. The SMILES string of the molecule is C[C@@H](O)[C@H](NC(=O)OCc1ccccc1)C(=O)N[C@@H](CC1CC1)C(N)=O. The van der Waals surface area contributed by atoms with Crippen LogP contribution in [-0.4, -0.2) is 41.2 Å². The lowest BCUT2D eigenvalue weighted by Crippen LogP contribution is -2.56. The summed E-state index contributed by atoms with van der Waals surface area (Å²) in [7, 11) is 0. The summed E-state index contributed by atoms with van der Waals surface area (Å²) in [6.07, 6.45) is 0.459. The summed E-state index contributed by atoms with van der Waals surface area (Å²) in [6.45, 7) is 1.40. The molecule has 142 valence electrons. The van der Waals surface area contributed by atoms with Crippen LogP contribution < -0.4 is 16.4 Å². The Labute approximate surface area is 152 Å². The molecular weight excluding hydrogens is 338 g/mol. The first-order chi connectivity index (χ1) is 12.4. The molecular formula is C18H25N3O5. The highest BCUT2D eigenvalue weighted by molar-refractivity contribution is 5.91. The average molecular weight is 363 g/mol. The Hall–Kier alpha value is -2.61. The van der Waals surface area contributed by atoms with E-state index in [1.807, 2.05) is 18.2 Å². The van der Waals surface area contributed by atoms with E-state index in [1.165, 1.54) is 6.92 Å². The Morgan fingerprint density at radius 2 is 1.88 bits per heavy atom. The first-order valence-corrected chi connectivity index (χ1v) is 8.61. The minimum atomic E-state index is -1.25. The third-order valence-corrected chi connectivity index (χ3v) is 4.18. The molecule has 1 saturated carbocycles. The average Bonchev–Trinajstić information content (AvgIpc) is 3.41. The lowest BCUT2D eigenvalue weighted by molar-refractivity contribution is -0.130. The number of aliphatic hydroxyl groups excluding tert-OH is 1. The summed E-state index contributed by atoms with van der Waals surface area (Å²) in [5.41, 5.74) is 6.11. The van der Waals surface area contributed by atoms with Crippen molar-refractivity contribution in [2.24, 2.45) is 11.7 Å². The van der Waals surface area contributed by atoms with Crippen LogP contribution in [0.1, 0.15) is 31.7 Å². The third-order valence-electron chi connectivity index (χ3n) is 4.18. The van der Waals surface area contributed by atoms with Gasteiger partial charge in [-0.3, -0.25) is 9.59 Å². The van der Waals surface area contributed by atoms with Crippen molar-refractivity contribution < 1.29 is 24.2 Å². The molecule has 3 atom stereocenters. The van der Waals surface area contributed by atoms with Crippen molar-refractivity contribution in [3.63, 3.8) is 0 Å². The standard InChI is InChI=1S/C18H25N3O5/c1-11(22)15(17(24)20-14(16(19)23)9-12-7-8-12)21-18(25)26-10-13-5-3-2-4-6-13/h2-6,11-12,14-15,22H,7-10H2,1H3,(H2,19,23)(H,20,24)(H,21,25)/t11-,14+,15+/m1/s1. The van der Waals surface area contributed by atoms with Gasteiger partial charge in [-0.1, -0.05) is 43.2 Å². The molecule has 0 unspecified atom stereocenters. The Bertz CT molecular complexity index is 631. The molecule has 1 aromatic carbocycles. The van der Waals surface area contributed by atoms with Gasteiger partial charge in [-0.05, 0) is 24.8 Å². The Morgan fingerprint density at radius 1 is 1.23 bits per heavy atom. The Kier molecular flexibility index (Phi) is 6.97. The van der Waals surface area contributed by atoms with Gasteiger partial charge in [0.2, 0.25) is 11.8 Å². The van der Waals surface area contributed by atoms with E-state index in [-0.39, 0.29) is 6.61 Å². The number of benzene rings is 1. The van der Waals surface area contributed by atoms with Crippen LogP contribution in [-0.2, 0) is 20.9 Å². The van der Waals surface area contributed by atoms with Crippen LogP contribution in [0.2, 0.25) is 0 Å². The van der Waals surface area contributed by atoms with E-state index in [4.69, 9.17) is 10.5 Å². The number of carbonyl (C=O) groups is 3. The van der Waals surface area contributed by atoms with Crippen LogP contribution in [0.15, 0.2) is 30.3 Å². The van der Waals surface area contributed by atoms with Gasteiger partial charge < -0.3 is 26.2 Å². The number of hydrogen-bond donors (Lipinski definition) is 4. The zero-order chi connectivity index (χ0) is 19.1. The van der Waals surface area contributed by atoms with E-state index in [0.717, 1.165) is 18.4 Å². The van der Waals surface area contributed by atoms with Crippen molar-refractivity contribution in [3.05, 3.63) is 35.9 Å². The first-order valence-electron chi connectivity index (χ1n) is 8.61. The van der Waals surface area contributed by atoms with E-state index in [9.17, 15) is 19.5 Å². The second kappa shape index (κ2) is 9.19. The third kappa shape index (κ3) is 6.36. The summed E-state index contributed by atoms with van der Waals surface area (Å²) in [5.74, 6) is -0.941. The molecule has 8 heteroatoms. The number of hydrogen-bond acceptors (Lipinski definition) is 5. The van der Waals surface area contributed by atoms with E-state index >= 15 is 0 Å². The minimum Gasteiger partial charge on any atom is -0.445 e. The lowest BCUT2D eigenvalue weighted by atomic mass is 10.1. The van der Waals surface area contributed by atoms with E-state index in [2.05, 4.69) is 10.6 Å². The molecule has 0 spiro atoms. The number of rotatable bonds is 9. The molecule has 0 bridgehead atoms. The fraction of sp³-hybridized carbons (Fsp3) is 0.500. The zero-order valence-electron chi connectivity index (χ0n) is 14.7. The molecule has 0 heterocycles. The lowest BCUT2D eigenvalue weighted by Gasteiger charge is -2.23. The second-order valence-corrected chi connectivity index (χ2v) is 6.57. The monoisotopic (exact) mass is 363 g/mol. The highest BCUT2D eigenvalue weighted by Crippen LogP contribution is 2.33. The normalized spacial score (nSPS) is 16.8. The maximum atomic E-state index is 12.4. The number of nitrogens with one attached hydrogen (secondary N) is 2. The highest BCUT2D eigenvalue weighted by atomic mass is 16.5. The van der Waals surface area contributed by atoms with Gasteiger partial charge in [0, 0.05) is 0 Å². The minimum absolute atomic E-state index is 0.0341.